The van der Waals surface area contributed by atoms with E-state index in [0.717, 1.165) is 44.9 Å². The second kappa shape index (κ2) is 14.3. The second-order valence-electron chi connectivity index (χ2n) is 16.0. The lowest BCUT2D eigenvalue weighted by Gasteiger charge is -2.50. The minimum atomic E-state index is -0.835. The summed E-state index contributed by atoms with van der Waals surface area (Å²) in [5.41, 5.74) is -0.593. The molecule has 0 aromatic rings. The first-order chi connectivity index (χ1) is 19.3. The number of hydroxylamine groups is 6. The predicted octanol–water partition coefficient (Wildman–Crippen LogP) is 7.03. The smallest absolute Gasteiger partial charge is 0.367 e. The molecule has 10 nitrogen and oxygen atoms in total. The summed E-state index contributed by atoms with van der Waals surface area (Å²) in [6, 6.07) is 1.48. The third-order valence-electron chi connectivity index (χ3n) is 8.74. The van der Waals surface area contributed by atoms with Gasteiger partial charge in [0.2, 0.25) is 0 Å². The molecule has 3 aliphatic heterocycles. The van der Waals surface area contributed by atoms with Crippen LogP contribution in [0, 0.1) is 11.3 Å². The van der Waals surface area contributed by atoms with Crippen LogP contribution in [0.3, 0.4) is 0 Å². The van der Waals surface area contributed by atoms with Gasteiger partial charge in [-0.3, -0.25) is 9.59 Å². The van der Waals surface area contributed by atoms with Crippen LogP contribution >= 0.6 is 0 Å². The summed E-state index contributed by atoms with van der Waals surface area (Å²) in [5.74, 6) is -1.29. The maximum absolute atomic E-state index is 11.0. The van der Waals surface area contributed by atoms with Crippen LogP contribution in [0.5, 0.6) is 0 Å². The van der Waals surface area contributed by atoms with Crippen molar-refractivity contribution in [2.24, 2.45) is 0 Å². The van der Waals surface area contributed by atoms with Crippen LogP contribution in [0.1, 0.15) is 155 Å². The fraction of sp³-hybridized carbons (Fsp3) is 0.879. The Labute approximate surface area is 261 Å². The van der Waals surface area contributed by atoms with E-state index in [1.54, 1.807) is 5.06 Å². The molecule has 0 amide bonds. The number of piperidine rings is 3. The Kier molecular flexibility index (Phi) is 12.9. The number of carbonyl (C=O) groups excluding carboxylic acids is 3. The highest BCUT2D eigenvalue weighted by Crippen LogP contribution is 2.40. The van der Waals surface area contributed by atoms with Crippen LogP contribution < -0.4 is 0 Å². The van der Waals surface area contributed by atoms with Gasteiger partial charge in [-0.05, 0) is 141 Å². The number of nitriles is 1. The maximum atomic E-state index is 11.0. The van der Waals surface area contributed by atoms with Crippen molar-refractivity contribution in [1.82, 2.24) is 15.2 Å². The van der Waals surface area contributed by atoms with Gasteiger partial charge in [-0.15, -0.1) is 15.2 Å². The van der Waals surface area contributed by atoms with Crippen LogP contribution in [0.2, 0.25) is 0 Å². The zero-order valence-electron chi connectivity index (χ0n) is 29.6. The normalized spacial score (nSPS) is 25.2. The van der Waals surface area contributed by atoms with E-state index in [1.165, 1.54) is 32.8 Å². The average molecular weight is 609 g/mol. The van der Waals surface area contributed by atoms with E-state index >= 15 is 0 Å². The van der Waals surface area contributed by atoms with Gasteiger partial charge in [-0.1, -0.05) is 0 Å². The van der Waals surface area contributed by atoms with Gasteiger partial charge in [0.15, 0.2) is 6.07 Å². The number of carbonyl (C=O) groups is 3. The van der Waals surface area contributed by atoms with E-state index < -0.39 is 5.97 Å². The Balaban J connectivity index is 0.000000323. The van der Waals surface area contributed by atoms with Crippen molar-refractivity contribution in [3.8, 4) is 6.07 Å². The first-order valence-electron chi connectivity index (χ1n) is 15.7. The maximum Gasteiger partial charge on any atom is 0.430 e. The second-order valence-corrected chi connectivity index (χ2v) is 16.0. The molecule has 0 aromatic heterocycles. The molecule has 3 rings (SSSR count). The van der Waals surface area contributed by atoms with Crippen molar-refractivity contribution in [2.45, 2.75) is 188 Å². The van der Waals surface area contributed by atoms with Gasteiger partial charge in [0, 0.05) is 13.8 Å². The van der Waals surface area contributed by atoms with E-state index in [2.05, 4.69) is 55.4 Å². The van der Waals surface area contributed by atoms with Crippen molar-refractivity contribution in [3.05, 3.63) is 0 Å². The fourth-order valence-electron chi connectivity index (χ4n) is 7.03. The van der Waals surface area contributed by atoms with Crippen LogP contribution in [-0.4, -0.2) is 66.3 Å². The Morgan fingerprint density at radius 3 is 0.884 bits per heavy atom. The molecule has 0 aliphatic carbocycles. The molecule has 3 saturated heterocycles. The quantitative estimate of drug-likeness (QED) is 0.310. The predicted molar refractivity (Wildman–Crippen MR) is 167 cm³/mol. The Morgan fingerprint density at radius 2 is 0.698 bits per heavy atom. The van der Waals surface area contributed by atoms with E-state index in [9.17, 15) is 14.4 Å². The van der Waals surface area contributed by atoms with Gasteiger partial charge >= 0.3 is 17.9 Å². The lowest BCUT2D eigenvalue weighted by Crippen LogP contribution is -2.58. The highest BCUT2D eigenvalue weighted by atomic mass is 16.7. The largest absolute Gasteiger partial charge is 0.430 e. The highest BCUT2D eigenvalue weighted by molar-refractivity contribution is 5.85. The van der Waals surface area contributed by atoms with Gasteiger partial charge in [0.1, 0.15) is 0 Å². The van der Waals surface area contributed by atoms with Crippen molar-refractivity contribution in [2.75, 3.05) is 0 Å². The summed E-state index contributed by atoms with van der Waals surface area (Å²) in [5, 5.41) is 13.9. The number of nitrogens with zero attached hydrogens (tertiary/aromatic N) is 4. The van der Waals surface area contributed by atoms with Crippen molar-refractivity contribution >= 4 is 17.9 Å². The molecule has 0 radical (unpaired) electrons. The van der Waals surface area contributed by atoms with Crippen LogP contribution in [0.15, 0.2) is 0 Å². The lowest BCUT2D eigenvalue weighted by molar-refractivity contribution is -0.264. The van der Waals surface area contributed by atoms with E-state index in [0.29, 0.717) is 0 Å². The topological polar surface area (TPSA) is 112 Å². The first kappa shape index (κ1) is 38.8. The molecule has 0 N–H and O–H groups in total. The van der Waals surface area contributed by atoms with Gasteiger partial charge in [0.05, 0.1) is 33.2 Å². The summed E-state index contributed by atoms with van der Waals surface area (Å²) in [6.45, 7) is 28.0. The van der Waals surface area contributed by atoms with E-state index in [-0.39, 0.29) is 45.2 Å². The number of hydrogen-bond acceptors (Lipinski definition) is 10. The van der Waals surface area contributed by atoms with Crippen molar-refractivity contribution < 1.29 is 28.9 Å². The third-order valence-corrected chi connectivity index (χ3v) is 8.74. The zero-order chi connectivity index (χ0) is 33.7. The SMILES string of the molecule is CC(=O)ON1C(C)(C)CCCC1(C)C.CC(=O)ON1C(C)(C)CCCC1(C)C.CC1(C)CCCC(C)(C)N1OC(=O)C#N. The molecule has 43 heavy (non-hydrogen) atoms. The highest BCUT2D eigenvalue weighted by Gasteiger charge is 2.46. The minimum absolute atomic E-state index is 0.0482. The minimum Gasteiger partial charge on any atom is -0.367 e. The summed E-state index contributed by atoms with van der Waals surface area (Å²) in [6.07, 6.45) is 9.72. The standard InChI is InChI=1S/C11H18N2O2.2C11H21NO2/c1-10(2)6-5-7-11(3,4)13(10)15-9(14)8-12;2*1-9(13)14-12-10(2,3)7-6-8-11(12,4)5/h5-7H2,1-4H3;2*6-8H2,1-5H3. The molecular formula is C33H60N4O6. The third kappa shape index (κ3) is 11.0. The molecule has 0 atom stereocenters. The lowest BCUT2D eigenvalue weighted by atomic mass is 9.82. The summed E-state index contributed by atoms with van der Waals surface area (Å²) in [7, 11) is 0. The first-order valence-corrected chi connectivity index (χ1v) is 15.7. The molecule has 0 spiro atoms. The van der Waals surface area contributed by atoms with Gasteiger partial charge in [0.25, 0.3) is 0 Å². The summed E-state index contributed by atoms with van der Waals surface area (Å²) >= 11 is 0. The number of rotatable bonds is 3. The Bertz CT molecular complexity index is 927. The molecule has 3 heterocycles. The van der Waals surface area contributed by atoms with Crippen LogP contribution in [-0.2, 0) is 28.9 Å². The molecule has 3 fully saturated rings. The summed E-state index contributed by atoms with van der Waals surface area (Å²) < 4.78 is 0. The fourth-order valence-corrected chi connectivity index (χ4v) is 7.03. The van der Waals surface area contributed by atoms with Gasteiger partial charge < -0.3 is 14.5 Å². The van der Waals surface area contributed by atoms with Crippen molar-refractivity contribution in [1.29, 1.82) is 5.26 Å². The molecule has 248 valence electrons. The van der Waals surface area contributed by atoms with Gasteiger partial charge in [-0.25, -0.2) is 4.79 Å². The van der Waals surface area contributed by atoms with E-state index in [1.807, 2.05) is 37.8 Å². The van der Waals surface area contributed by atoms with Crippen LogP contribution in [0.25, 0.3) is 0 Å². The van der Waals surface area contributed by atoms with E-state index in [4.69, 9.17) is 19.8 Å². The Morgan fingerprint density at radius 1 is 0.488 bits per heavy atom. The number of hydrogen-bond donors (Lipinski definition) is 0. The molecular weight excluding hydrogens is 548 g/mol. The van der Waals surface area contributed by atoms with Gasteiger partial charge in [-0.2, -0.15) is 5.26 Å². The average Bonchev–Trinajstić information content (AvgIpc) is 2.81. The monoisotopic (exact) mass is 608 g/mol. The van der Waals surface area contributed by atoms with Crippen molar-refractivity contribution in [3.63, 3.8) is 0 Å². The summed E-state index contributed by atoms with van der Waals surface area (Å²) in [4.78, 5) is 48.8. The molecule has 0 unspecified atom stereocenters. The molecule has 0 aromatic carbocycles. The molecule has 10 heteroatoms. The zero-order valence-corrected chi connectivity index (χ0v) is 29.6. The Hall–Kier alpha value is -2.22. The van der Waals surface area contributed by atoms with Crippen LogP contribution in [0.4, 0.5) is 0 Å². The molecule has 0 saturated carbocycles. The molecule has 0 bridgehead atoms. The molecule has 3 aliphatic rings.